The Morgan fingerprint density at radius 2 is 2.04 bits per heavy atom. The first-order valence-corrected chi connectivity index (χ1v) is 9.53. The molecule has 1 saturated heterocycles. The Labute approximate surface area is 160 Å². The van der Waals surface area contributed by atoms with E-state index in [1.807, 2.05) is 30.3 Å². The number of benzene rings is 1. The summed E-state index contributed by atoms with van der Waals surface area (Å²) in [6, 6.07) is 12.0. The molecule has 1 aromatic carbocycles. The monoisotopic (exact) mass is 373 g/mol. The van der Waals surface area contributed by atoms with Crippen molar-refractivity contribution < 1.29 is 0 Å². The molecule has 1 fully saturated rings. The van der Waals surface area contributed by atoms with Crippen LogP contribution in [-0.4, -0.2) is 30.7 Å². The summed E-state index contributed by atoms with van der Waals surface area (Å²) in [4.78, 5) is 4.48. The number of aromatic nitrogens is 1. The second-order valence-corrected chi connectivity index (χ2v) is 7.70. The fourth-order valence-corrected chi connectivity index (χ4v) is 3.88. The second kappa shape index (κ2) is 8.82. The van der Waals surface area contributed by atoms with E-state index in [2.05, 4.69) is 28.6 Å². The van der Waals surface area contributed by atoms with Gasteiger partial charge in [0.1, 0.15) is 5.82 Å². The van der Waals surface area contributed by atoms with Gasteiger partial charge >= 0.3 is 0 Å². The highest BCUT2D eigenvalue weighted by atomic mass is 35.5. The van der Waals surface area contributed by atoms with Crippen LogP contribution in [0.2, 0.25) is 5.02 Å². The number of hydrogen-bond donors (Lipinski definition) is 4. The summed E-state index contributed by atoms with van der Waals surface area (Å²) in [6.45, 7) is 5.57. The molecule has 1 aromatic heterocycles. The fraction of sp³-hybridized carbons (Fsp3) is 0.450. The first kappa shape index (κ1) is 19.1. The third-order valence-electron chi connectivity index (χ3n) is 5.08. The molecule has 6 heteroatoms. The van der Waals surface area contributed by atoms with Crippen LogP contribution in [0.5, 0.6) is 0 Å². The van der Waals surface area contributed by atoms with E-state index in [1.54, 1.807) is 0 Å². The van der Waals surface area contributed by atoms with Crippen LogP contribution in [0.4, 0.5) is 5.82 Å². The van der Waals surface area contributed by atoms with Gasteiger partial charge in [-0.1, -0.05) is 23.7 Å². The van der Waals surface area contributed by atoms with Gasteiger partial charge in [-0.15, -0.1) is 0 Å². The van der Waals surface area contributed by atoms with Gasteiger partial charge in [-0.05, 0) is 73.7 Å². The van der Waals surface area contributed by atoms with Crippen LogP contribution in [0, 0.1) is 18.8 Å². The van der Waals surface area contributed by atoms with E-state index in [9.17, 15) is 0 Å². The van der Waals surface area contributed by atoms with E-state index < -0.39 is 0 Å². The highest BCUT2D eigenvalue weighted by Gasteiger charge is 2.32. The van der Waals surface area contributed by atoms with Crippen molar-refractivity contribution in [3.63, 3.8) is 0 Å². The van der Waals surface area contributed by atoms with Crippen LogP contribution in [0.25, 0.3) is 0 Å². The van der Waals surface area contributed by atoms with Gasteiger partial charge in [-0.2, -0.15) is 0 Å². The lowest BCUT2D eigenvalue weighted by Crippen LogP contribution is -2.43. The largest absolute Gasteiger partial charge is 0.384 e. The van der Waals surface area contributed by atoms with Crippen LogP contribution in [0.15, 0.2) is 36.4 Å². The molecule has 0 amide bonds. The summed E-state index contributed by atoms with van der Waals surface area (Å²) in [5.41, 5.74) is 15.8. The van der Waals surface area contributed by atoms with Crippen LogP contribution in [-0.2, 0) is 13.0 Å². The van der Waals surface area contributed by atoms with Crippen molar-refractivity contribution in [2.75, 3.05) is 25.4 Å². The summed E-state index contributed by atoms with van der Waals surface area (Å²) in [6.07, 6.45) is 0.911. The molecular formula is C20H28ClN5. The lowest BCUT2D eigenvalue weighted by atomic mass is 9.86. The molecule has 0 spiro atoms. The van der Waals surface area contributed by atoms with Crippen molar-refractivity contribution >= 4 is 17.4 Å². The summed E-state index contributed by atoms with van der Waals surface area (Å²) in [7, 11) is 0. The quantitative estimate of drug-likeness (QED) is 0.597. The highest BCUT2D eigenvalue weighted by Crippen LogP contribution is 2.24. The van der Waals surface area contributed by atoms with Gasteiger partial charge in [-0.25, -0.2) is 4.98 Å². The van der Waals surface area contributed by atoms with Gasteiger partial charge in [0.2, 0.25) is 0 Å². The van der Waals surface area contributed by atoms with E-state index in [0.29, 0.717) is 17.7 Å². The van der Waals surface area contributed by atoms with Gasteiger partial charge in [0, 0.05) is 29.8 Å². The topological polar surface area (TPSA) is 89.0 Å². The highest BCUT2D eigenvalue weighted by molar-refractivity contribution is 6.30. The molecule has 5 nitrogen and oxygen atoms in total. The number of nitrogens with zero attached hydrogens (tertiary/aromatic N) is 1. The third-order valence-corrected chi connectivity index (χ3v) is 5.33. The zero-order valence-corrected chi connectivity index (χ0v) is 16.0. The zero-order valence-electron chi connectivity index (χ0n) is 15.2. The standard InChI is InChI=1S/C20H28ClN5/c1-13-6-17(26-20(23)7-13)8-15-10-25-11-18(15)19(22)12-24-9-14-2-4-16(21)5-3-14/h2-7,15,18-19,24-25H,8-12,22H2,1H3,(H2,23,26)/t15-,18-,19?/m1/s1. The Bertz CT molecular complexity index is 698. The summed E-state index contributed by atoms with van der Waals surface area (Å²) in [5.74, 6) is 1.50. The maximum absolute atomic E-state index is 6.50. The normalized spacial score (nSPS) is 21.0. The minimum absolute atomic E-state index is 0.101. The van der Waals surface area contributed by atoms with Crippen LogP contribution >= 0.6 is 11.6 Å². The number of rotatable bonds is 7. The minimum Gasteiger partial charge on any atom is -0.384 e. The van der Waals surface area contributed by atoms with E-state index >= 15 is 0 Å². The van der Waals surface area contributed by atoms with E-state index in [0.717, 1.165) is 48.9 Å². The third kappa shape index (κ3) is 5.17. The van der Waals surface area contributed by atoms with Gasteiger partial charge in [0.25, 0.3) is 0 Å². The first-order valence-electron chi connectivity index (χ1n) is 9.16. The predicted octanol–water partition coefficient (Wildman–Crippen LogP) is 2.12. The maximum atomic E-state index is 6.50. The van der Waals surface area contributed by atoms with E-state index in [-0.39, 0.29) is 6.04 Å². The average molecular weight is 374 g/mol. The Morgan fingerprint density at radius 3 is 2.77 bits per heavy atom. The summed E-state index contributed by atoms with van der Waals surface area (Å²) >= 11 is 5.92. The van der Waals surface area contributed by atoms with Gasteiger partial charge < -0.3 is 22.1 Å². The molecular weight excluding hydrogens is 346 g/mol. The number of pyridine rings is 1. The number of nitrogens with two attached hydrogens (primary N) is 2. The Balaban J connectivity index is 1.52. The van der Waals surface area contributed by atoms with Crippen molar-refractivity contribution in [2.45, 2.75) is 25.9 Å². The Hall–Kier alpha value is -1.66. The van der Waals surface area contributed by atoms with E-state index in [1.165, 1.54) is 5.56 Å². The second-order valence-electron chi connectivity index (χ2n) is 7.27. The predicted molar refractivity (Wildman–Crippen MR) is 108 cm³/mol. The molecule has 3 atom stereocenters. The molecule has 1 aliphatic rings. The van der Waals surface area contributed by atoms with Crippen molar-refractivity contribution in [3.8, 4) is 0 Å². The van der Waals surface area contributed by atoms with Gasteiger partial charge in [-0.3, -0.25) is 0 Å². The maximum Gasteiger partial charge on any atom is 0.123 e. The number of anilines is 1. The molecule has 0 aliphatic carbocycles. The molecule has 0 bridgehead atoms. The summed E-state index contributed by atoms with van der Waals surface area (Å²) in [5, 5.41) is 7.71. The van der Waals surface area contributed by atoms with Crippen LogP contribution in [0.3, 0.4) is 0 Å². The first-order chi connectivity index (χ1) is 12.5. The number of hydrogen-bond acceptors (Lipinski definition) is 5. The smallest absolute Gasteiger partial charge is 0.123 e. The number of halogens is 1. The molecule has 2 heterocycles. The fourth-order valence-electron chi connectivity index (χ4n) is 3.76. The molecule has 140 valence electrons. The van der Waals surface area contributed by atoms with Crippen molar-refractivity contribution in [1.82, 2.24) is 15.6 Å². The van der Waals surface area contributed by atoms with Gasteiger partial charge in [0.05, 0.1) is 0 Å². The van der Waals surface area contributed by atoms with E-state index in [4.69, 9.17) is 23.1 Å². The van der Waals surface area contributed by atoms with Crippen molar-refractivity contribution in [2.24, 2.45) is 17.6 Å². The Morgan fingerprint density at radius 1 is 1.27 bits per heavy atom. The number of nitrogen functional groups attached to an aromatic ring is 1. The number of aryl methyl sites for hydroxylation is 1. The lowest BCUT2D eigenvalue weighted by Gasteiger charge is -2.25. The molecule has 3 rings (SSSR count). The molecule has 0 radical (unpaired) electrons. The lowest BCUT2D eigenvalue weighted by molar-refractivity contribution is 0.335. The zero-order chi connectivity index (χ0) is 18.5. The molecule has 0 saturated carbocycles. The molecule has 2 aromatic rings. The minimum atomic E-state index is 0.101. The summed E-state index contributed by atoms with van der Waals surface area (Å²) < 4.78 is 0. The van der Waals surface area contributed by atoms with Crippen molar-refractivity contribution in [1.29, 1.82) is 0 Å². The Kier molecular flexibility index (Phi) is 6.48. The van der Waals surface area contributed by atoms with Crippen molar-refractivity contribution in [3.05, 3.63) is 58.2 Å². The molecule has 26 heavy (non-hydrogen) atoms. The van der Waals surface area contributed by atoms with Crippen LogP contribution < -0.4 is 22.1 Å². The number of nitrogens with one attached hydrogen (secondary N) is 2. The molecule has 6 N–H and O–H groups in total. The molecule has 1 aliphatic heterocycles. The average Bonchev–Trinajstić information content (AvgIpc) is 3.04. The van der Waals surface area contributed by atoms with Crippen LogP contribution in [0.1, 0.15) is 16.8 Å². The van der Waals surface area contributed by atoms with Gasteiger partial charge in [0.15, 0.2) is 0 Å². The molecule has 1 unspecified atom stereocenters. The SMILES string of the molecule is Cc1cc(N)nc(C[C@@H]2CNC[C@H]2C(N)CNCc2ccc(Cl)cc2)c1.